The van der Waals surface area contributed by atoms with Crippen LogP contribution in [0.2, 0.25) is 0 Å². The molecule has 6 heteroatoms. The maximum absolute atomic E-state index is 11.5. The normalized spacial score (nSPS) is 33.6. The van der Waals surface area contributed by atoms with Gasteiger partial charge in [0.15, 0.2) is 11.9 Å². The first kappa shape index (κ1) is 14.3. The molecule has 1 saturated carbocycles. The number of esters is 1. The number of carbonyl (C=O) groups is 1. The third-order valence-corrected chi connectivity index (χ3v) is 4.36. The molecule has 114 valence electrons. The summed E-state index contributed by atoms with van der Waals surface area (Å²) in [4.78, 5) is 13.7. The second-order valence-corrected chi connectivity index (χ2v) is 5.81. The van der Waals surface area contributed by atoms with Crippen LogP contribution in [0.15, 0.2) is 0 Å². The van der Waals surface area contributed by atoms with E-state index in [0.29, 0.717) is 19.8 Å². The Hall–Kier alpha value is -0.690. The Morgan fingerprint density at radius 2 is 2.20 bits per heavy atom. The zero-order valence-corrected chi connectivity index (χ0v) is 12.0. The fourth-order valence-electron chi connectivity index (χ4n) is 3.31. The minimum absolute atomic E-state index is 0.101. The first-order valence-electron chi connectivity index (χ1n) is 7.44. The van der Waals surface area contributed by atoms with Gasteiger partial charge in [0.25, 0.3) is 0 Å². The number of methoxy groups -OCH3 is 1. The van der Waals surface area contributed by atoms with Crippen LogP contribution in [-0.2, 0) is 23.7 Å². The van der Waals surface area contributed by atoms with Crippen LogP contribution in [0.25, 0.3) is 0 Å². The van der Waals surface area contributed by atoms with E-state index in [1.807, 2.05) is 0 Å². The number of ether oxygens (including phenoxy) is 4. The summed E-state index contributed by atoms with van der Waals surface area (Å²) < 4.78 is 22.2. The van der Waals surface area contributed by atoms with Gasteiger partial charge in [-0.05, 0) is 12.8 Å². The molecular weight excluding hydrogens is 262 g/mol. The van der Waals surface area contributed by atoms with Gasteiger partial charge in [-0.3, -0.25) is 4.90 Å². The highest BCUT2D eigenvalue weighted by atomic mass is 16.7. The number of carbonyl (C=O) groups excluding carboxylic acids is 1. The summed E-state index contributed by atoms with van der Waals surface area (Å²) in [5.74, 6) is -0.607. The highest BCUT2D eigenvalue weighted by Gasteiger charge is 2.44. The summed E-state index contributed by atoms with van der Waals surface area (Å²) >= 11 is 0. The average Bonchev–Trinajstić information content (AvgIpc) is 3.09. The first-order chi connectivity index (χ1) is 9.71. The lowest BCUT2D eigenvalue weighted by atomic mass is 10.2. The minimum atomic E-state index is -0.475. The van der Waals surface area contributed by atoms with Crippen LogP contribution in [0.3, 0.4) is 0 Å². The van der Waals surface area contributed by atoms with Gasteiger partial charge in [-0.2, -0.15) is 0 Å². The minimum Gasteiger partial charge on any atom is -0.467 e. The Balaban J connectivity index is 1.49. The molecular formula is C14H23NO5. The molecule has 2 atom stereocenters. The van der Waals surface area contributed by atoms with Crippen molar-refractivity contribution in [3.05, 3.63) is 0 Å². The molecule has 0 N–H and O–H groups in total. The Kier molecular flexibility index (Phi) is 4.26. The van der Waals surface area contributed by atoms with Crippen molar-refractivity contribution in [3.63, 3.8) is 0 Å². The second kappa shape index (κ2) is 5.97. The Bertz CT molecular complexity index is 355. The molecule has 3 aliphatic rings. The lowest BCUT2D eigenvalue weighted by molar-refractivity contribution is -0.169. The fourth-order valence-corrected chi connectivity index (χ4v) is 3.31. The van der Waals surface area contributed by atoms with Crippen molar-refractivity contribution < 1.29 is 23.7 Å². The van der Waals surface area contributed by atoms with Crippen LogP contribution in [0, 0.1) is 0 Å². The smallest absolute Gasteiger partial charge is 0.336 e. The predicted octanol–water partition coefficient (Wildman–Crippen LogP) is 0.546. The van der Waals surface area contributed by atoms with Crippen molar-refractivity contribution in [3.8, 4) is 0 Å². The highest BCUT2D eigenvalue weighted by molar-refractivity contribution is 5.74. The fraction of sp³-hybridized carbons (Fsp3) is 0.929. The van der Waals surface area contributed by atoms with Crippen molar-refractivity contribution in [2.75, 3.05) is 40.0 Å². The maximum atomic E-state index is 11.5. The molecule has 2 heterocycles. The van der Waals surface area contributed by atoms with E-state index in [1.54, 1.807) is 0 Å². The van der Waals surface area contributed by atoms with Gasteiger partial charge in [0.05, 0.1) is 26.4 Å². The molecule has 20 heavy (non-hydrogen) atoms. The summed E-state index contributed by atoms with van der Waals surface area (Å²) in [5.41, 5.74) is 0. The number of rotatable bonds is 3. The van der Waals surface area contributed by atoms with Gasteiger partial charge in [0.1, 0.15) is 0 Å². The summed E-state index contributed by atoms with van der Waals surface area (Å²) in [6.07, 6.45) is 4.03. The van der Waals surface area contributed by atoms with E-state index >= 15 is 0 Å². The second-order valence-electron chi connectivity index (χ2n) is 5.81. The number of hydrogen-bond donors (Lipinski definition) is 0. The quantitative estimate of drug-likeness (QED) is 0.706. The van der Waals surface area contributed by atoms with E-state index < -0.39 is 6.10 Å². The summed E-state index contributed by atoms with van der Waals surface area (Å²) in [7, 11) is 1.39. The lowest BCUT2D eigenvalue weighted by Gasteiger charge is -2.32. The van der Waals surface area contributed by atoms with Gasteiger partial charge in [-0.1, -0.05) is 0 Å². The molecule has 0 aromatic heterocycles. The van der Waals surface area contributed by atoms with E-state index in [1.165, 1.54) is 20.0 Å². The Morgan fingerprint density at radius 1 is 1.40 bits per heavy atom. The Labute approximate surface area is 119 Å². The molecule has 0 aromatic carbocycles. The molecule has 0 amide bonds. The van der Waals surface area contributed by atoms with Crippen LogP contribution < -0.4 is 0 Å². The molecule has 0 aromatic rings. The van der Waals surface area contributed by atoms with Crippen molar-refractivity contribution in [1.82, 2.24) is 4.90 Å². The zero-order chi connectivity index (χ0) is 14.0. The molecule has 0 radical (unpaired) electrons. The van der Waals surface area contributed by atoms with Gasteiger partial charge in [0, 0.05) is 32.5 Å². The molecule has 2 saturated heterocycles. The summed E-state index contributed by atoms with van der Waals surface area (Å²) in [5, 5.41) is 0. The van der Waals surface area contributed by atoms with Crippen molar-refractivity contribution in [2.24, 2.45) is 0 Å². The third-order valence-electron chi connectivity index (χ3n) is 4.36. The van der Waals surface area contributed by atoms with E-state index in [4.69, 9.17) is 18.9 Å². The topological polar surface area (TPSA) is 57.2 Å². The first-order valence-corrected chi connectivity index (χ1v) is 7.44. The van der Waals surface area contributed by atoms with Gasteiger partial charge < -0.3 is 18.9 Å². The van der Waals surface area contributed by atoms with E-state index in [-0.39, 0.29) is 17.9 Å². The number of hydrogen-bond acceptors (Lipinski definition) is 6. The van der Waals surface area contributed by atoms with Crippen molar-refractivity contribution in [1.29, 1.82) is 0 Å². The highest BCUT2D eigenvalue weighted by Crippen LogP contribution is 2.39. The van der Waals surface area contributed by atoms with Gasteiger partial charge in [0.2, 0.25) is 0 Å². The van der Waals surface area contributed by atoms with Gasteiger partial charge in [-0.25, -0.2) is 4.79 Å². The lowest BCUT2D eigenvalue weighted by Crippen LogP contribution is -2.49. The molecule has 2 aliphatic heterocycles. The molecule has 2 unspecified atom stereocenters. The zero-order valence-electron chi connectivity index (χ0n) is 12.0. The number of morpholine rings is 1. The van der Waals surface area contributed by atoms with E-state index in [9.17, 15) is 4.79 Å². The monoisotopic (exact) mass is 285 g/mol. The molecule has 3 rings (SSSR count). The molecule has 3 fully saturated rings. The maximum Gasteiger partial charge on any atom is 0.336 e. The average molecular weight is 285 g/mol. The van der Waals surface area contributed by atoms with Gasteiger partial charge in [-0.15, -0.1) is 0 Å². The molecule has 6 nitrogen and oxygen atoms in total. The van der Waals surface area contributed by atoms with Crippen LogP contribution in [-0.4, -0.2) is 68.8 Å². The van der Waals surface area contributed by atoms with E-state index in [2.05, 4.69) is 4.90 Å². The van der Waals surface area contributed by atoms with Crippen molar-refractivity contribution >= 4 is 5.97 Å². The van der Waals surface area contributed by atoms with Crippen LogP contribution in [0.1, 0.15) is 25.7 Å². The van der Waals surface area contributed by atoms with Gasteiger partial charge >= 0.3 is 5.97 Å². The van der Waals surface area contributed by atoms with Crippen molar-refractivity contribution in [2.45, 2.75) is 43.7 Å². The van der Waals surface area contributed by atoms with E-state index in [0.717, 1.165) is 25.9 Å². The standard InChI is InChI=1S/C14H23NO5/c1-17-13(16)12-9-15(6-7-18-12)8-11-10-19-14(20-11)4-2-3-5-14/h11-12H,2-10H2,1H3. The summed E-state index contributed by atoms with van der Waals surface area (Å²) in [6.45, 7) is 3.39. The molecule has 1 spiro atoms. The number of nitrogens with zero attached hydrogens (tertiary/aromatic N) is 1. The predicted molar refractivity (Wildman–Crippen MR) is 70.2 cm³/mol. The molecule has 1 aliphatic carbocycles. The largest absolute Gasteiger partial charge is 0.467 e. The molecule has 0 bridgehead atoms. The third kappa shape index (κ3) is 2.98. The van der Waals surface area contributed by atoms with Crippen LogP contribution >= 0.6 is 0 Å². The summed E-state index contributed by atoms with van der Waals surface area (Å²) in [6, 6.07) is 0. The van der Waals surface area contributed by atoms with Crippen LogP contribution in [0.5, 0.6) is 0 Å². The Morgan fingerprint density at radius 3 is 2.95 bits per heavy atom. The van der Waals surface area contributed by atoms with Crippen LogP contribution in [0.4, 0.5) is 0 Å². The SMILES string of the molecule is COC(=O)C1CN(CC2COC3(CCCC3)O2)CCO1.